The van der Waals surface area contributed by atoms with Crippen molar-refractivity contribution in [2.75, 3.05) is 40.0 Å². The van der Waals surface area contributed by atoms with Crippen LogP contribution in [0.2, 0.25) is 0 Å². The Labute approximate surface area is 183 Å². The highest BCUT2D eigenvalue weighted by molar-refractivity contribution is 5.88. The van der Waals surface area contributed by atoms with E-state index in [0.717, 1.165) is 25.7 Å². The van der Waals surface area contributed by atoms with Gasteiger partial charge in [0.05, 0.1) is 11.0 Å². The first-order valence-corrected chi connectivity index (χ1v) is 11.4. The molecule has 4 rings (SSSR count). The Balaban J connectivity index is 1.49. The lowest BCUT2D eigenvalue weighted by atomic mass is 9.72. The van der Waals surface area contributed by atoms with Crippen LogP contribution in [0.15, 0.2) is 24.3 Å². The SMILES string of the molecule is CC(=O)N(C)[C@H]1CCOC2(CCN(C(=O)C3(c4ccccc4F)CCOCC3)CC2)C1. The van der Waals surface area contributed by atoms with Crippen LogP contribution in [-0.2, 0) is 24.5 Å². The Morgan fingerprint density at radius 2 is 1.77 bits per heavy atom. The summed E-state index contributed by atoms with van der Waals surface area (Å²) in [5.41, 5.74) is -0.663. The number of amides is 2. The number of nitrogens with zero attached hydrogens (tertiary/aromatic N) is 2. The molecule has 170 valence electrons. The fourth-order valence-corrected chi connectivity index (χ4v) is 5.53. The van der Waals surface area contributed by atoms with E-state index >= 15 is 0 Å². The summed E-state index contributed by atoms with van der Waals surface area (Å²) in [7, 11) is 1.86. The van der Waals surface area contributed by atoms with Crippen LogP contribution in [0.4, 0.5) is 4.39 Å². The van der Waals surface area contributed by atoms with Crippen molar-refractivity contribution >= 4 is 11.8 Å². The van der Waals surface area contributed by atoms with Gasteiger partial charge in [0.15, 0.2) is 0 Å². The lowest BCUT2D eigenvalue weighted by Gasteiger charge is -2.49. The van der Waals surface area contributed by atoms with Crippen molar-refractivity contribution in [3.05, 3.63) is 35.6 Å². The number of carbonyl (C=O) groups is 2. The second-order valence-corrected chi connectivity index (χ2v) is 9.27. The van der Waals surface area contributed by atoms with Crippen LogP contribution < -0.4 is 0 Å². The Morgan fingerprint density at radius 3 is 2.42 bits per heavy atom. The lowest BCUT2D eigenvalue weighted by molar-refractivity contribution is -0.158. The molecule has 3 fully saturated rings. The number of hydrogen-bond acceptors (Lipinski definition) is 4. The summed E-state index contributed by atoms with van der Waals surface area (Å²) in [4.78, 5) is 29.3. The zero-order chi connectivity index (χ0) is 22.1. The van der Waals surface area contributed by atoms with Crippen molar-refractivity contribution in [2.24, 2.45) is 0 Å². The van der Waals surface area contributed by atoms with E-state index in [1.165, 1.54) is 6.07 Å². The van der Waals surface area contributed by atoms with Crippen LogP contribution in [0, 0.1) is 5.82 Å². The van der Waals surface area contributed by atoms with Crippen LogP contribution in [0.25, 0.3) is 0 Å². The van der Waals surface area contributed by atoms with Crippen LogP contribution in [0.3, 0.4) is 0 Å². The van der Waals surface area contributed by atoms with Gasteiger partial charge in [-0.1, -0.05) is 18.2 Å². The van der Waals surface area contributed by atoms with Gasteiger partial charge >= 0.3 is 0 Å². The molecule has 0 N–H and O–H groups in total. The lowest BCUT2D eigenvalue weighted by Crippen LogP contribution is -2.57. The molecule has 0 bridgehead atoms. The van der Waals surface area contributed by atoms with Crippen molar-refractivity contribution in [3.8, 4) is 0 Å². The molecule has 1 aromatic rings. The molecule has 3 aliphatic heterocycles. The standard InChI is InChI=1S/C24H33FN2O4/c1-18(28)26(2)19-7-14-31-23(17-19)8-12-27(13-9-23)22(29)24(10-15-30-16-11-24)20-5-3-4-6-21(20)25/h3-6,19H,7-17H2,1-2H3/t19-/m0/s1. The molecule has 0 unspecified atom stereocenters. The number of carbonyl (C=O) groups excluding carboxylic acids is 2. The molecule has 3 heterocycles. The normalized spacial score (nSPS) is 25.3. The zero-order valence-corrected chi connectivity index (χ0v) is 18.6. The number of ether oxygens (including phenoxy) is 2. The molecule has 1 aromatic carbocycles. The first-order valence-electron chi connectivity index (χ1n) is 11.4. The molecule has 3 aliphatic rings. The molecule has 0 radical (unpaired) electrons. The first kappa shape index (κ1) is 22.2. The fourth-order valence-electron chi connectivity index (χ4n) is 5.53. The molecule has 0 aliphatic carbocycles. The van der Waals surface area contributed by atoms with Gasteiger partial charge in [-0.2, -0.15) is 0 Å². The molecule has 0 aromatic heterocycles. The maximum atomic E-state index is 14.8. The van der Waals surface area contributed by atoms with Gasteiger partial charge in [-0.3, -0.25) is 9.59 Å². The van der Waals surface area contributed by atoms with Gasteiger partial charge in [0.1, 0.15) is 5.82 Å². The Hall–Kier alpha value is -1.99. The summed E-state index contributed by atoms with van der Waals surface area (Å²) in [5.74, 6) is -0.248. The maximum Gasteiger partial charge on any atom is 0.233 e. The van der Waals surface area contributed by atoms with Gasteiger partial charge in [0.2, 0.25) is 11.8 Å². The Bertz CT molecular complexity index is 816. The number of rotatable bonds is 3. The van der Waals surface area contributed by atoms with Crippen molar-refractivity contribution < 1.29 is 23.5 Å². The number of benzene rings is 1. The van der Waals surface area contributed by atoms with Gasteiger partial charge in [-0.15, -0.1) is 0 Å². The molecule has 3 saturated heterocycles. The second kappa shape index (κ2) is 8.87. The molecule has 0 saturated carbocycles. The Kier molecular flexibility index (Phi) is 6.35. The van der Waals surface area contributed by atoms with E-state index in [9.17, 15) is 14.0 Å². The minimum absolute atomic E-state index is 0.00367. The first-order chi connectivity index (χ1) is 14.9. The number of hydrogen-bond donors (Lipinski definition) is 0. The topological polar surface area (TPSA) is 59.1 Å². The third-order valence-electron chi connectivity index (χ3n) is 7.62. The quantitative estimate of drug-likeness (QED) is 0.737. The zero-order valence-electron chi connectivity index (χ0n) is 18.6. The third kappa shape index (κ3) is 4.22. The van der Waals surface area contributed by atoms with E-state index in [2.05, 4.69) is 0 Å². The molecule has 2 amide bonds. The highest BCUT2D eigenvalue weighted by Gasteiger charge is 2.48. The van der Waals surface area contributed by atoms with E-state index in [1.54, 1.807) is 25.1 Å². The summed E-state index contributed by atoms with van der Waals surface area (Å²) in [6.45, 7) is 4.32. The molecule has 7 heteroatoms. The van der Waals surface area contributed by atoms with Crippen molar-refractivity contribution in [1.29, 1.82) is 0 Å². The van der Waals surface area contributed by atoms with Gasteiger partial charge in [-0.05, 0) is 44.6 Å². The summed E-state index contributed by atoms with van der Waals surface area (Å²) < 4.78 is 26.5. The fraction of sp³-hybridized carbons (Fsp3) is 0.667. The minimum Gasteiger partial charge on any atom is -0.381 e. The molecule has 1 spiro atoms. The van der Waals surface area contributed by atoms with Crippen LogP contribution in [0.5, 0.6) is 0 Å². The smallest absolute Gasteiger partial charge is 0.233 e. The summed E-state index contributed by atoms with van der Waals surface area (Å²) in [5, 5.41) is 0. The highest BCUT2D eigenvalue weighted by atomic mass is 19.1. The molecule has 6 nitrogen and oxygen atoms in total. The molecule has 1 atom stereocenters. The van der Waals surface area contributed by atoms with Crippen LogP contribution in [0.1, 0.15) is 51.0 Å². The van der Waals surface area contributed by atoms with Gasteiger partial charge < -0.3 is 19.3 Å². The van der Waals surface area contributed by atoms with E-state index < -0.39 is 5.41 Å². The van der Waals surface area contributed by atoms with Crippen molar-refractivity contribution in [1.82, 2.24) is 9.80 Å². The summed E-state index contributed by atoms with van der Waals surface area (Å²) in [6.07, 6.45) is 4.12. The summed E-state index contributed by atoms with van der Waals surface area (Å²) in [6, 6.07) is 6.82. The average molecular weight is 433 g/mol. The summed E-state index contributed by atoms with van der Waals surface area (Å²) >= 11 is 0. The molecule has 31 heavy (non-hydrogen) atoms. The predicted octanol–water partition coefficient (Wildman–Crippen LogP) is 2.89. The number of likely N-dealkylation sites (tertiary alicyclic amines) is 1. The maximum absolute atomic E-state index is 14.8. The average Bonchev–Trinajstić information content (AvgIpc) is 2.79. The highest BCUT2D eigenvalue weighted by Crippen LogP contribution is 2.41. The van der Waals surface area contributed by atoms with E-state index in [0.29, 0.717) is 51.3 Å². The monoisotopic (exact) mass is 432 g/mol. The number of piperidine rings is 1. The van der Waals surface area contributed by atoms with E-state index in [4.69, 9.17) is 9.47 Å². The van der Waals surface area contributed by atoms with Crippen LogP contribution in [-0.4, -0.2) is 73.2 Å². The minimum atomic E-state index is -0.862. The van der Waals surface area contributed by atoms with E-state index in [-0.39, 0.29) is 29.3 Å². The van der Waals surface area contributed by atoms with Crippen LogP contribution >= 0.6 is 0 Å². The predicted molar refractivity (Wildman–Crippen MR) is 114 cm³/mol. The van der Waals surface area contributed by atoms with E-state index in [1.807, 2.05) is 16.8 Å². The van der Waals surface area contributed by atoms with Gasteiger partial charge in [0, 0.05) is 58.5 Å². The van der Waals surface area contributed by atoms with Crippen molar-refractivity contribution in [2.45, 2.75) is 62.5 Å². The van der Waals surface area contributed by atoms with Gasteiger partial charge in [-0.25, -0.2) is 4.39 Å². The Morgan fingerprint density at radius 1 is 1.10 bits per heavy atom. The van der Waals surface area contributed by atoms with Crippen molar-refractivity contribution in [3.63, 3.8) is 0 Å². The largest absolute Gasteiger partial charge is 0.381 e. The number of halogens is 1. The third-order valence-corrected chi connectivity index (χ3v) is 7.62. The second-order valence-electron chi connectivity index (χ2n) is 9.27. The molecular weight excluding hydrogens is 399 g/mol. The molecular formula is C24H33FN2O4. The van der Waals surface area contributed by atoms with Gasteiger partial charge in [0.25, 0.3) is 0 Å².